The molecule has 34 heavy (non-hydrogen) atoms. The zero-order valence-electron chi connectivity index (χ0n) is 18.9. The van der Waals surface area contributed by atoms with E-state index in [1.54, 1.807) is 6.20 Å². The number of imidazole rings is 1. The van der Waals surface area contributed by atoms with Gasteiger partial charge in [-0.2, -0.15) is 0 Å². The van der Waals surface area contributed by atoms with Crippen LogP contribution in [0, 0.1) is 13.8 Å². The molecule has 6 rings (SSSR count). The fourth-order valence-electron chi connectivity index (χ4n) is 4.97. The van der Waals surface area contributed by atoms with Crippen LogP contribution in [0.25, 0.3) is 27.7 Å². The van der Waals surface area contributed by atoms with Crippen molar-refractivity contribution in [3.8, 4) is 16.9 Å². The highest BCUT2D eigenvalue weighted by molar-refractivity contribution is 5.94. The number of carboxylic acid groups (broad SMARTS) is 1. The van der Waals surface area contributed by atoms with E-state index in [1.807, 2.05) is 50.3 Å². The van der Waals surface area contributed by atoms with Gasteiger partial charge < -0.3 is 23.8 Å². The molecule has 2 aliphatic heterocycles. The number of ether oxygens (including phenoxy) is 1. The first-order valence-electron chi connectivity index (χ1n) is 11.2. The van der Waals surface area contributed by atoms with Gasteiger partial charge in [0.25, 0.3) is 0 Å². The smallest absolute Gasteiger partial charge is 0.407 e. The third-order valence-corrected chi connectivity index (χ3v) is 6.60. The van der Waals surface area contributed by atoms with Gasteiger partial charge in [-0.1, -0.05) is 17.3 Å². The lowest BCUT2D eigenvalue weighted by Crippen LogP contribution is -2.34. The minimum absolute atomic E-state index is 0.160. The van der Waals surface area contributed by atoms with Gasteiger partial charge in [0.1, 0.15) is 29.8 Å². The van der Waals surface area contributed by atoms with Gasteiger partial charge in [-0.05, 0) is 50.1 Å². The van der Waals surface area contributed by atoms with Crippen molar-refractivity contribution in [2.24, 2.45) is 0 Å². The number of benzene rings is 1. The Morgan fingerprint density at radius 2 is 2.09 bits per heavy atom. The minimum atomic E-state index is -0.906. The molecule has 0 spiro atoms. The second-order valence-corrected chi connectivity index (χ2v) is 8.60. The molecule has 0 saturated carbocycles. The van der Waals surface area contributed by atoms with Gasteiger partial charge >= 0.3 is 6.09 Å². The quantitative estimate of drug-likeness (QED) is 0.484. The molecule has 0 bridgehead atoms. The van der Waals surface area contributed by atoms with Crippen LogP contribution < -0.4 is 4.74 Å². The standard InChI is InChI=1S/C25H23N5O4/c1-14-21(15(2)34-28-14)17-6-7-19-22-23(17)33-13-20(18-5-3-4-10-26-18)30(22)24(27-19)16-8-11-29(12-9-16)25(31)32/h3-8,10,20H,9,11-13H2,1-2H3,(H,31,32)/t20-/m1/s1. The van der Waals surface area contributed by atoms with Crippen molar-refractivity contribution < 1.29 is 19.2 Å². The minimum Gasteiger partial charge on any atom is -0.488 e. The Labute approximate surface area is 195 Å². The monoisotopic (exact) mass is 457 g/mol. The van der Waals surface area contributed by atoms with Gasteiger partial charge in [0.05, 0.1) is 22.5 Å². The van der Waals surface area contributed by atoms with E-state index in [0.717, 1.165) is 56.5 Å². The molecule has 2 aliphatic rings. The molecular formula is C25H23N5O4. The molecule has 3 aromatic heterocycles. The summed E-state index contributed by atoms with van der Waals surface area (Å²) in [5.41, 5.74) is 6.29. The van der Waals surface area contributed by atoms with Gasteiger partial charge in [0.15, 0.2) is 5.75 Å². The molecular weight excluding hydrogens is 434 g/mol. The summed E-state index contributed by atoms with van der Waals surface area (Å²) >= 11 is 0. The lowest BCUT2D eigenvalue weighted by molar-refractivity contribution is 0.150. The molecule has 0 saturated heterocycles. The maximum absolute atomic E-state index is 11.4. The van der Waals surface area contributed by atoms with E-state index in [9.17, 15) is 9.90 Å². The maximum Gasteiger partial charge on any atom is 0.407 e. The van der Waals surface area contributed by atoms with Crippen LogP contribution in [0.2, 0.25) is 0 Å². The summed E-state index contributed by atoms with van der Waals surface area (Å²) in [6, 6.07) is 9.70. The molecule has 1 N–H and O–H groups in total. The van der Waals surface area contributed by atoms with Crippen LogP contribution >= 0.6 is 0 Å². The molecule has 0 fully saturated rings. The molecule has 9 nitrogen and oxygen atoms in total. The van der Waals surface area contributed by atoms with Crippen molar-refractivity contribution in [2.75, 3.05) is 19.7 Å². The predicted molar refractivity (Wildman–Crippen MR) is 125 cm³/mol. The van der Waals surface area contributed by atoms with Crippen LogP contribution in [0.3, 0.4) is 0 Å². The van der Waals surface area contributed by atoms with E-state index in [1.165, 1.54) is 4.90 Å². The lowest BCUT2D eigenvalue weighted by atomic mass is 10.0. The number of aromatic nitrogens is 4. The normalized spacial score (nSPS) is 17.5. The number of hydrogen-bond acceptors (Lipinski definition) is 6. The largest absolute Gasteiger partial charge is 0.488 e. The molecule has 0 aliphatic carbocycles. The maximum atomic E-state index is 11.4. The van der Waals surface area contributed by atoms with Crippen molar-refractivity contribution >= 4 is 22.7 Å². The number of hydrogen-bond donors (Lipinski definition) is 1. The summed E-state index contributed by atoms with van der Waals surface area (Å²) < 4.78 is 14.0. The number of amides is 1. The second-order valence-electron chi connectivity index (χ2n) is 8.60. The number of nitrogens with zero attached hydrogens (tertiary/aromatic N) is 5. The third-order valence-electron chi connectivity index (χ3n) is 6.60. The molecule has 172 valence electrons. The summed E-state index contributed by atoms with van der Waals surface area (Å²) in [7, 11) is 0. The lowest BCUT2D eigenvalue weighted by Gasteiger charge is -2.30. The van der Waals surface area contributed by atoms with E-state index in [0.29, 0.717) is 26.1 Å². The predicted octanol–water partition coefficient (Wildman–Crippen LogP) is 4.45. The average Bonchev–Trinajstić information content (AvgIpc) is 3.41. The van der Waals surface area contributed by atoms with Gasteiger partial charge in [-0.15, -0.1) is 0 Å². The Hall–Kier alpha value is -4.14. The number of aryl methyl sites for hydroxylation is 2. The summed E-state index contributed by atoms with van der Waals surface area (Å²) in [5, 5.41) is 13.5. The fraction of sp³-hybridized carbons (Fsp3) is 0.280. The second kappa shape index (κ2) is 7.72. The van der Waals surface area contributed by atoms with Gasteiger partial charge in [0, 0.05) is 24.8 Å². The van der Waals surface area contributed by atoms with Gasteiger partial charge in [-0.25, -0.2) is 9.78 Å². The van der Waals surface area contributed by atoms with E-state index < -0.39 is 6.09 Å². The zero-order chi connectivity index (χ0) is 23.4. The Morgan fingerprint density at radius 3 is 2.76 bits per heavy atom. The van der Waals surface area contributed by atoms with Gasteiger partial charge in [-0.3, -0.25) is 4.98 Å². The first-order chi connectivity index (χ1) is 16.5. The van der Waals surface area contributed by atoms with Crippen LogP contribution in [0.4, 0.5) is 4.79 Å². The summed E-state index contributed by atoms with van der Waals surface area (Å²) in [6.45, 7) is 5.00. The van der Waals surface area contributed by atoms with Crippen LogP contribution in [0.5, 0.6) is 5.75 Å². The molecule has 1 aromatic carbocycles. The van der Waals surface area contributed by atoms with Crippen molar-refractivity contribution in [3.63, 3.8) is 0 Å². The average molecular weight is 457 g/mol. The highest BCUT2D eigenvalue weighted by Gasteiger charge is 2.33. The number of carbonyl (C=O) groups is 1. The van der Waals surface area contributed by atoms with Crippen LogP contribution in [-0.4, -0.2) is 55.5 Å². The van der Waals surface area contributed by atoms with Crippen LogP contribution in [-0.2, 0) is 0 Å². The molecule has 1 amide bonds. The highest BCUT2D eigenvalue weighted by Crippen LogP contribution is 2.45. The van der Waals surface area contributed by atoms with Gasteiger partial charge in [0.2, 0.25) is 0 Å². The SMILES string of the molecule is Cc1noc(C)c1-c1ccc2nc(C3=CCN(C(=O)O)CC3)n3c2c1OC[C@@H]3c1ccccn1. The van der Waals surface area contributed by atoms with E-state index in [-0.39, 0.29) is 6.04 Å². The Balaban J connectivity index is 1.59. The van der Waals surface area contributed by atoms with Crippen molar-refractivity contribution in [2.45, 2.75) is 26.3 Å². The molecule has 0 radical (unpaired) electrons. The number of pyridine rings is 1. The van der Waals surface area contributed by atoms with Crippen molar-refractivity contribution in [3.05, 3.63) is 65.6 Å². The fourth-order valence-corrected chi connectivity index (χ4v) is 4.97. The summed E-state index contributed by atoms with van der Waals surface area (Å²) in [4.78, 5) is 22.4. The molecule has 5 heterocycles. The Kier molecular flexibility index (Phi) is 4.65. The highest BCUT2D eigenvalue weighted by atomic mass is 16.5. The third kappa shape index (κ3) is 3.07. The molecule has 4 aromatic rings. The van der Waals surface area contributed by atoms with Crippen molar-refractivity contribution in [1.82, 2.24) is 24.6 Å². The van der Waals surface area contributed by atoms with E-state index in [4.69, 9.17) is 14.2 Å². The molecule has 0 unspecified atom stereocenters. The van der Waals surface area contributed by atoms with E-state index >= 15 is 0 Å². The topological polar surface area (TPSA) is 107 Å². The van der Waals surface area contributed by atoms with Crippen LogP contribution in [0.15, 0.2) is 47.1 Å². The molecule has 1 atom stereocenters. The first kappa shape index (κ1) is 20.5. The Bertz CT molecular complexity index is 1430. The molecule has 9 heteroatoms. The zero-order valence-corrected chi connectivity index (χ0v) is 18.9. The van der Waals surface area contributed by atoms with Crippen molar-refractivity contribution in [1.29, 1.82) is 0 Å². The number of rotatable bonds is 3. The van der Waals surface area contributed by atoms with Crippen LogP contribution in [0.1, 0.15) is 35.4 Å². The Morgan fingerprint density at radius 1 is 1.21 bits per heavy atom. The summed E-state index contributed by atoms with van der Waals surface area (Å²) in [6.07, 6.45) is 3.43. The van der Waals surface area contributed by atoms with E-state index in [2.05, 4.69) is 14.7 Å². The summed E-state index contributed by atoms with van der Waals surface area (Å²) in [5.74, 6) is 2.32. The first-order valence-corrected chi connectivity index (χ1v) is 11.2.